The van der Waals surface area contributed by atoms with Crippen molar-refractivity contribution in [1.82, 2.24) is 24.7 Å². The molecule has 0 atom stereocenters. The van der Waals surface area contributed by atoms with Crippen LogP contribution in [-0.2, 0) is 0 Å². The van der Waals surface area contributed by atoms with Gasteiger partial charge in [-0.15, -0.1) is 0 Å². The molecular formula is C20H18N6O. The topological polar surface area (TPSA) is 88.5 Å². The lowest BCUT2D eigenvalue weighted by Gasteiger charge is -2.11. The summed E-state index contributed by atoms with van der Waals surface area (Å²) in [4.78, 5) is 24.3. The van der Waals surface area contributed by atoms with Crippen molar-refractivity contribution in [3.8, 4) is 17.1 Å². The SMILES string of the molecule is Cc1cnc(-c2ccccc2NC(=O)c2ccc(-n3cncn3)c(C)c2)[nH]1. The Bertz CT molecular complexity index is 1100. The molecule has 7 heteroatoms. The molecule has 2 heterocycles. The van der Waals surface area contributed by atoms with Crippen LogP contribution < -0.4 is 5.32 Å². The number of rotatable bonds is 4. The van der Waals surface area contributed by atoms with Crippen molar-refractivity contribution in [3.05, 3.63) is 78.1 Å². The number of aromatic nitrogens is 5. The van der Waals surface area contributed by atoms with Gasteiger partial charge in [-0.1, -0.05) is 12.1 Å². The first-order valence-corrected chi connectivity index (χ1v) is 8.50. The van der Waals surface area contributed by atoms with E-state index in [2.05, 4.69) is 25.4 Å². The van der Waals surface area contributed by atoms with E-state index in [-0.39, 0.29) is 5.91 Å². The molecule has 4 rings (SSSR count). The zero-order valence-corrected chi connectivity index (χ0v) is 15.0. The van der Waals surface area contributed by atoms with Gasteiger partial charge < -0.3 is 10.3 Å². The maximum absolute atomic E-state index is 12.8. The van der Waals surface area contributed by atoms with E-state index in [1.807, 2.05) is 50.2 Å². The number of benzene rings is 2. The minimum absolute atomic E-state index is 0.182. The van der Waals surface area contributed by atoms with Gasteiger partial charge in [0.1, 0.15) is 18.5 Å². The molecule has 0 fully saturated rings. The Hall–Kier alpha value is -3.74. The minimum atomic E-state index is -0.182. The van der Waals surface area contributed by atoms with Gasteiger partial charge in [-0.2, -0.15) is 5.10 Å². The van der Waals surface area contributed by atoms with Gasteiger partial charge in [-0.3, -0.25) is 4.79 Å². The first kappa shape index (κ1) is 16.7. The fraction of sp³-hybridized carbons (Fsp3) is 0.100. The van der Waals surface area contributed by atoms with E-state index in [0.717, 1.165) is 28.3 Å². The van der Waals surface area contributed by atoms with E-state index in [9.17, 15) is 4.79 Å². The number of carbonyl (C=O) groups excluding carboxylic acids is 1. The van der Waals surface area contributed by atoms with Crippen molar-refractivity contribution >= 4 is 11.6 Å². The predicted molar refractivity (Wildman–Crippen MR) is 103 cm³/mol. The summed E-state index contributed by atoms with van der Waals surface area (Å²) in [6.07, 6.45) is 4.87. The van der Waals surface area contributed by atoms with E-state index >= 15 is 0 Å². The van der Waals surface area contributed by atoms with Crippen LogP contribution in [0.5, 0.6) is 0 Å². The molecule has 134 valence electrons. The summed E-state index contributed by atoms with van der Waals surface area (Å²) in [5, 5.41) is 7.11. The van der Waals surface area contributed by atoms with Gasteiger partial charge in [0.25, 0.3) is 5.91 Å². The molecule has 0 bridgehead atoms. The molecule has 0 radical (unpaired) electrons. The van der Waals surface area contributed by atoms with Crippen molar-refractivity contribution in [3.63, 3.8) is 0 Å². The number of H-pyrrole nitrogens is 1. The number of hydrogen-bond acceptors (Lipinski definition) is 4. The van der Waals surface area contributed by atoms with Crippen LogP contribution in [0.1, 0.15) is 21.6 Å². The smallest absolute Gasteiger partial charge is 0.255 e. The number of aryl methyl sites for hydroxylation is 2. The minimum Gasteiger partial charge on any atom is -0.342 e. The first-order chi connectivity index (χ1) is 13.1. The quantitative estimate of drug-likeness (QED) is 0.584. The van der Waals surface area contributed by atoms with Gasteiger partial charge in [-0.25, -0.2) is 14.6 Å². The van der Waals surface area contributed by atoms with Crippen molar-refractivity contribution in [2.75, 3.05) is 5.32 Å². The lowest BCUT2D eigenvalue weighted by Crippen LogP contribution is -2.13. The summed E-state index contributed by atoms with van der Waals surface area (Å²) in [5.74, 6) is 0.542. The van der Waals surface area contributed by atoms with Crippen LogP contribution in [0.3, 0.4) is 0 Å². The summed E-state index contributed by atoms with van der Waals surface area (Å²) in [7, 11) is 0. The first-order valence-electron chi connectivity index (χ1n) is 8.50. The highest BCUT2D eigenvalue weighted by Gasteiger charge is 2.13. The molecule has 27 heavy (non-hydrogen) atoms. The molecule has 0 aliphatic rings. The Kier molecular flexibility index (Phi) is 4.25. The van der Waals surface area contributed by atoms with Crippen LogP contribution >= 0.6 is 0 Å². The standard InChI is InChI=1S/C20H18N6O/c1-13-9-15(7-8-18(13)26-12-21-11-23-26)20(27)25-17-6-4-3-5-16(17)19-22-10-14(2)24-19/h3-12H,1-2H3,(H,22,24)(H,25,27). The molecular weight excluding hydrogens is 340 g/mol. The van der Waals surface area contributed by atoms with Crippen LogP contribution in [-0.4, -0.2) is 30.6 Å². The number of nitrogens with one attached hydrogen (secondary N) is 2. The maximum Gasteiger partial charge on any atom is 0.255 e. The average molecular weight is 358 g/mol. The highest BCUT2D eigenvalue weighted by molar-refractivity contribution is 6.06. The number of anilines is 1. The molecule has 2 aromatic heterocycles. The second-order valence-corrected chi connectivity index (χ2v) is 6.26. The summed E-state index contributed by atoms with van der Waals surface area (Å²) in [6, 6.07) is 13.1. The Labute approximate surface area is 156 Å². The third-order valence-corrected chi connectivity index (χ3v) is 4.26. The lowest BCUT2D eigenvalue weighted by molar-refractivity contribution is 0.102. The van der Waals surface area contributed by atoms with Crippen LogP contribution in [0.25, 0.3) is 17.1 Å². The third kappa shape index (κ3) is 3.35. The van der Waals surface area contributed by atoms with E-state index in [1.54, 1.807) is 23.3 Å². The molecule has 2 N–H and O–H groups in total. The zero-order chi connectivity index (χ0) is 18.8. The molecule has 0 unspecified atom stereocenters. The molecule has 7 nitrogen and oxygen atoms in total. The van der Waals surface area contributed by atoms with E-state index in [1.165, 1.54) is 6.33 Å². The number of aromatic amines is 1. The normalized spacial score (nSPS) is 10.7. The second-order valence-electron chi connectivity index (χ2n) is 6.26. The Morgan fingerprint density at radius 2 is 2.00 bits per heavy atom. The predicted octanol–water partition coefficient (Wildman–Crippen LogP) is 3.53. The molecule has 1 amide bonds. The lowest BCUT2D eigenvalue weighted by atomic mass is 10.1. The number of nitrogens with zero attached hydrogens (tertiary/aromatic N) is 4. The summed E-state index contributed by atoms with van der Waals surface area (Å²) >= 11 is 0. The second kappa shape index (κ2) is 6.87. The van der Waals surface area contributed by atoms with Crippen molar-refractivity contribution < 1.29 is 4.79 Å². The van der Waals surface area contributed by atoms with Crippen LogP contribution in [0.15, 0.2) is 61.3 Å². The number of hydrogen-bond donors (Lipinski definition) is 2. The third-order valence-electron chi connectivity index (χ3n) is 4.26. The Morgan fingerprint density at radius 3 is 2.70 bits per heavy atom. The summed E-state index contributed by atoms with van der Waals surface area (Å²) in [6.45, 7) is 3.88. The summed E-state index contributed by atoms with van der Waals surface area (Å²) in [5.41, 5.74) is 4.90. The van der Waals surface area contributed by atoms with Gasteiger partial charge in [0.05, 0.1) is 11.4 Å². The number of para-hydroxylation sites is 1. The van der Waals surface area contributed by atoms with Gasteiger partial charge in [0.2, 0.25) is 0 Å². The number of imidazole rings is 1. The Balaban J connectivity index is 1.61. The fourth-order valence-electron chi connectivity index (χ4n) is 2.93. The highest BCUT2D eigenvalue weighted by atomic mass is 16.1. The average Bonchev–Trinajstić information content (AvgIpc) is 3.34. The molecule has 2 aromatic carbocycles. The largest absolute Gasteiger partial charge is 0.342 e. The molecule has 0 aliphatic carbocycles. The molecule has 0 spiro atoms. The Morgan fingerprint density at radius 1 is 1.15 bits per heavy atom. The summed E-state index contributed by atoms with van der Waals surface area (Å²) < 4.78 is 1.67. The van der Waals surface area contributed by atoms with Gasteiger partial charge in [-0.05, 0) is 49.7 Å². The zero-order valence-electron chi connectivity index (χ0n) is 15.0. The van der Waals surface area contributed by atoms with Crippen molar-refractivity contribution in [2.24, 2.45) is 0 Å². The molecule has 0 aliphatic heterocycles. The highest BCUT2D eigenvalue weighted by Crippen LogP contribution is 2.26. The van der Waals surface area contributed by atoms with Crippen molar-refractivity contribution in [2.45, 2.75) is 13.8 Å². The van der Waals surface area contributed by atoms with Gasteiger partial charge in [0, 0.05) is 23.0 Å². The van der Waals surface area contributed by atoms with E-state index < -0.39 is 0 Å². The number of amides is 1. The maximum atomic E-state index is 12.8. The molecule has 0 saturated heterocycles. The monoisotopic (exact) mass is 358 g/mol. The van der Waals surface area contributed by atoms with Gasteiger partial charge >= 0.3 is 0 Å². The van der Waals surface area contributed by atoms with Crippen LogP contribution in [0, 0.1) is 13.8 Å². The van der Waals surface area contributed by atoms with Crippen LogP contribution in [0.4, 0.5) is 5.69 Å². The fourth-order valence-corrected chi connectivity index (χ4v) is 2.93. The molecule has 0 saturated carbocycles. The van der Waals surface area contributed by atoms with Crippen LogP contribution in [0.2, 0.25) is 0 Å². The molecule has 4 aromatic rings. The van der Waals surface area contributed by atoms with Crippen molar-refractivity contribution in [1.29, 1.82) is 0 Å². The number of carbonyl (C=O) groups is 1. The van der Waals surface area contributed by atoms with E-state index in [0.29, 0.717) is 11.3 Å². The van der Waals surface area contributed by atoms with E-state index in [4.69, 9.17) is 0 Å². The van der Waals surface area contributed by atoms with Gasteiger partial charge in [0.15, 0.2) is 0 Å².